The van der Waals surface area contributed by atoms with Gasteiger partial charge >= 0.3 is 0 Å². The molecule has 0 saturated heterocycles. The molecule has 0 radical (unpaired) electrons. The zero-order chi connectivity index (χ0) is 17.2. The largest absolute Gasteiger partial charge is 0.484 e. The van der Waals surface area contributed by atoms with Crippen molar-refractivity contribution >= 4 is 35.2 Å². The predicted molar refractivity (Wildman–Crippen MR) is 91.7 cm³/mol. The number of para-hydroxylation sites is 1. The SMILES string of the molecule is O=C(/C=C/c1ccco1)NC(=S)NNC(=O)COc1ccccc1. The number of thiocarbonyl (C=S) groups is 1. The van der Waals surface area contributed by atoms with Gasteiger partial charge < -0.3 is 9.15 Å². The van der Waals surface area contributed by atoms with Gasteiger partial charge in [-0.2, -0.15) is 0 Å². The number of ether oxygens (including phenoxy) is 1. The van der Waals surface area contributed by atoms with E-state index >= 15 is 0 Å². The van der Waals surface area contributed by atoms with Crippen LogP contribution >= 0.6 is 12.2 Å². The summed E-state index contributed by atoms with van der Waals surface area (Å²) in [5.74, 6) is 0.210. The Balaban J connectivity index is 1.65. The summed E-state index contributed by atoms with van der Waals surface area (Å²) in [6.07, 6.45) is 4.24. The van der Waals surface area contributed by atoms with E-state index < -0.39 is 11.8 Å². The van der Waals surface area contributed by atoms with Gasteiger partial charge in [-0.1, -0.05) is 18.2 Å². The van der Waals surface area contributed by atoms with Crippen molar-refractivity contribution in [1.29, 1.82) is 0 Å². The highest BCUT2D eigenvalue weighted by molar-refractivity contribution is 7.80. The Labute approximate surface area is 143 Å². The molecule has 0 atom stereocenters. The molecular weight excluding hydrogens is 330 g/mol. The smallest absolute Gasteiger partial charge is 0.276 e. The summed E-state index contributed by atoms with van der Waals surface area (Å²) >= 11 is 4.88. The van der Waals surface area contributed by atoms with Crippen LogP contribution in [0.1, 0.15) is 5.76 Å². The lowest BCUT2D eigenvalue weighted by Gasteiger charge is -2.10. The van der Waals surface area contributed by atoms with E-state index in [4.69, 9.17) is 21.4 Å². The van der Waals surface area contributed by atoms with Crippen LogP contribution in [-0.4, -0.2) is 23.5 Å². The van der Waals surface area contributed by atoms with Gasteiger partial charge in [0.25, 0.3) is 5.91 Å². The molecule has 24 heavy (non-hydrogen) atoms. The molecule has 0 saturated carbocycles. The normalized spacial score (nSPS) is 10.2. The molecule has 1 heterocycles. The van der Waals surface area contributed by atoms with Gasteiger partial charge in [0.2, 0.25) is 5.91 Å². The van der Waals surface area contributed by atoms with Gasteiger partial charge in [-0.3, -0.25) is 25.8 Å². The predicted octanol–water partition coefficient (Wildman–Crippen LogP) is 1.39. The van der Waals surface area contributed by atoms with Crippen LogP contribution in [0.3, 0.4) is 0 Å². The molecule has 1 aromatic carbocycles. The first kappa shape index (κ1) is 17.2. The second-order valence-corrected chi connectivity index (χ2v) is 4.85. The lowest BCUT2D eigenvalue weighted by atomic mass is 10.3. The number of furan rings is 1. The molecule has 1 aromatic heterocycles. The summed E-state index contributed by atoms with van der Waals surface area (Å²) in [6, 6.07) is 12.3. The first-order valence-corrected chi connectivity index (χ1v) is 7.33. The van der Waals surface area contributed by atoms with Crippen molar-refractivity contribution in [3.8, 4) is 5.75 Å². The Morgan fingerprint density at radius 1 is 1.12 bits per heavy atom. The fourth-order valence-corrected chi connectivity index (χ4v) is 1.71. The molecule has 2 aromatic rings. The minimum Gasteiger partial charge on any atom is -0.484 e. The summed E-state index contributed by atoms with van der Waals surface area (Å²) < 4.78 is 10.3. The van der Waals surface area contributed by atoms with Crippen molar-refractivity contribution in [2.24, 2.45) is 0 Å². The van der Waals surface area contributed by atoms with Crippen LogP contribution in [0.2, 0.25) is 0 Å². The highest BCUT2D eigenvalue weighted by Crippen LogP contribution is 2.07. The van der Waals surface area contributed by atoms with Gasteiger partial charge in [-0.15, -0.1) is 0 Å². The lowest BCUT2D eigenvalue weighted by molar-refractivity contribution is -0.123. The number of amides is 2. The first-order chi connectivity index (χ1) is 11.6. The van der Waals surface area contributed by atoms with Crippen molar-refractivity contribution in [3.05, 3.63) is 60.6 Å². The average molecular weight is 345 g/mol. The van der Waals surface area contributed by atoms with E-state index in [-0.39, 0.29) is 11.7 Å². The summed E-state index contributed by atoms with van der Waals surface area (Å²) in [6.45, 7) is -0.189. The number of carbonyl (C=O) groups is 2. The monoisotopic (exact) mass is 345 g/mol. The topological polar surface area (TPSA) is 92.6 Å². The van der Waals surface area contributed by atoms with Gasteiger partial charge in [0.05, 0.1) is 6.26 Å². The molecule has 0 unspecified atom stereocenters. The summed E-state index contributed by atoms with van der Waals surface area (Å²) in [5, 5.41) is 2.32. The Morgan fingerprint density at radius 3 is 2.62 bits per heavy atom. The quantitative estimate of drug-likeness (QED) is 0.431. The standard InChI is InChI=1S/C16H15N3O4S/c20-14(9-8-13-7-4-10-22-13)17-16(24)19-18-15(21)11-23-12-5-2-1-3-6-12/h1-10H,11H2,(H,18,21)(H2,17,19,20,24)/b9-8+. The molecule has 8 heteroatoms. The van der Waals surface area contributed by atoms with Crippen LogP contribution in [0.5, 0.6) is 5.75 Å². The Bertz CT molecular complexity index is 714. The highest BCUT2D eigenvalue weighted by Gasteiger charge is 2.05. The van der Waals surface area contributed by atoms with Gasteiger partial charge in [-0.25, -0.2) is 0 Å². The number of benzene rings is 1. The number of nitrogens with one attached hydrogen (secondary N) is 3. The molecular formula is C16H15N3O4S. The zero-order valence-corrected chi connectivity index (χ0v) is 13.3. The number of rotatable bonds is 5. The van der Waals surface area contributed by atoms with Gasteiger partial charge in [0.1, 0.15) is 11.5 Å². The van der Waals surface area contributed by atoms with Crippen LogP contribution in [-0.2, 0) is 9.59 Å². The van der Waals surface area contributed by atoms with Crippen LogP contribution in [0.4, 0.5) is 0 Å². The fraction of sp³-hybridized carbons (Fsp3) is 0.0625. The van der Waals surface area contributed by atoms with Crippen LogP contribution in [0.25, 0.3) is 6.08 Å². The second kappa shape index (κ2) is 9.11. The maximum absolute atomic E-state index is 11.6. The molecule has 124 valence electrons. The number of hydrazine groups is 1. The number of carbonyl (C=O) groups excluding carboxylic acids is 2. The van der Waals surface area contributed by atoms with E-state index in [0.29, 0.717) is 11.5 Å². The van der Waals surface area contributed by atoms with Crippen molar-refractivity contribution < 1.29 is 18.7 Å². The molecule has 0 aliphatic heterocycles. The van der Waals surface area contributed by atoms with Crippen LogP contribution in [0, 0.1) is 0 Å². The number of hydrogen-bond donors (Lipinski definition) is 3. The van der Waals surface area contributed by atoms with Gasteiger partial charge in [0.15, 0.2) is 11.7 Å². The zero-order valence-electron chi connectivity index (χ0n) is 12.5. The Morgan fingerprint density at radius 2 is 1.92 bits per heavy atom. The third kappa shape index (κ3) is 6.32. The molecule has 0 bridgehead atoms. The van der Waals surface area contributed by atoms with E-state index in [1.165, 1.54) is 18.4 Å². The third-order valence-electron chi connectivity index (χ3n) is 2.61. The minimum absolute atomic E-state index is 0.0443. The van der Waals surface area contributed by atoms with E-state index in [1.54, 1.807) is 36.4 Å². The second-order valence-electron chi connectivity index (χ2n) is 4.44. The van der Waals surface area contributed by atoms with E-state index in [1.807, 2.05) is 6.07 Å². The number of hydrogen-bond acceptors (Lipinski definition) is 5. The van der Waals surface area contributed by atoms with Crippen molar-refractivity contribution in [3.63, 3.8) is 0 Å². The fourth-order valence-electron chi connectivity index (χ4n) is 1.56. The molecule has 2 rings (SSSR count). The lowest BCUT2D eigenvalue weighted by Crippen LogP contribution is -2.49. The van der Waals surface area contributed by atoms with Crippen molar-refractivity contribution in [2.75, 3.05) is 6.61 Å². The Kier molecular flexibility index (Phi) is 6.54. The van der Waals surface area contributed by atoms with Gasteiger partial charge in [-0.05, 0) is 42.6 Å². The van der Waals surface area contributed by atoms with Crippen LogP contribution < -0.4 is 20.9 Å². The maximum atomic E-state index is 11.6. The maximum Gasteiger partial charge on any atom is 0.276 e. The first-order valence-electron chi connectivity index (χ1n) is 6.93. The average Bonchev–Trinajstić information content (AvgIpc) is 3.11. The minimum atomic E-state index is -0.460. The molecule has 0 spiro atoms. The molecule has 0 fully saturated rings. The van der Waals surface area contributed by atoms with E-state index in [2.05, 4.69) is 16.2 Å². The van der Waals surface area contributed by atoms with E-state index in [9.17, 15) is 9.59 Å². The molecule has 0 aliphatic carbocycles. The summed E-state index contributed by atoms with van der Waals surface area (Å²) in [7, 11) is 0. The van der Waals surface area contributed by atoms with Crippen molar-refractivity contribution in [2.45, 2.75) is 0 Å². The molecule has 3 N–H and O–H groups in total. The molecule has 2 amide bonds. The molecule has 0 aliphatic rings. The molecule has 7 nitrogen and oxygen atoms in total. The third-order valence-corrected chi connectivity index (χ3v) is 2.81. The summed E-state index contributed by atoms with van der Waals surface area (Å²) in [5.41, 5.74) is 4.72. The van der Waals surface area contributed by atoms with E-state index in [0.717, 1.165) is 0 Å². The van der Waals surface area contributed by atoms with Crippen molar-refractivity contribution in [1.82, 2.24) is 16.2 Å². The van der Waals surface area contributed by atoms with Crippen LogP contribution in [0.15, 0.2) is 59.2 Å². The Hall–Kier alpha value is -3.13. The highest BCUT2D eigenvalue weighted by atomic mass is 32.1. The van der Waals surface area contributed by atoms with Gasteiger partial charge in [0, 0.05) is 6.08 Å². The summed E-state index contributed by atoms with van der Waals surface area (Å²) in [4.78, 5) is 23.2.